The van der Waals surface area contributed by atoms with E-state index in [4.69, 9.17) is 17.0 Å². The van der Waals surface area contributed by atoms with Crippen LogP contribution in [0.15, 0.2) is 52.3 Å². The van der Waals surface area contributed by atoms with Crippen LogP contribution in [-0.2, 0) is 4.74 Å². The van der Waals surface area contributed by atoms with Gasteiger partial charge in [0.05, 0.1) is 19.4 Å². The molecule has 1 saturated heterocycles. The topological polar surface area (TPSA) is 48.9 Å². The van der Waals surface area contributed by atoms with Crippen molar-refractivity contribution in [1.82, 2.24) is 15.6 Å². The first kappa shape index (κ1) is 17.6. The number of nitrogens with zero attached hydrogens (tertiary/aromatic N) is 2. The number of hydrogen-bond donors (Lipinski definition) is 2. The molecule has 132 valence electrons. The Morgan fingerprint density at radius 2 is 1.96 bits per heavy atom. The number of benzene rings is 1. The minimum absolute atomic E-state index is 0.517. The Bertz CT molecular complexity index is 691. The molecule has 0 bridgehead atoms. The number of thiocarbonyl (C=S) groups is 1. The fourth-order valence-corrected chi connectivity index (χ4v) is 3.20. The Balaban J connectivity index is 1.87. The molecular weight excluding hydrogens is 332 g/mol. The number of hydrogen-bond acceptors (Lipinski definition) is 4. The summed E-state index contributed by atoms with van der Waals surface area (Å²) in [5, 5.41) is 7.66. The molecule has 1 aliphatic heterocycles. The van der Waals surface area contributed by atoms with E-state index in [2.05, 4.69) is 51.1 Å². The summed E-state index contributed by atoms with van der Waals surface area (Å²) < 4.78 is 5.52. The summed E-state index contributed by atoms with van der Waals surface area (Å²) in [4.78, 5) is 2.42. The van der Waals surface area contributed by atoms with Crippen LogP contribution < -0.4 is 10.7 Å². The molecule has 3 rings (SSSR count). The summed E-state index contributed by atoms with van der Waals surface area (Å²) in [6, 6.07) is 10.5. The maximum atomic E-state index is 5.52. The second-order valence-electron chi connectivity index (χ2n) is 6.00. The summed E-state index contributed by atoms with van der Waals surface area (Å²) in [6.45, 7) is 3.38. The molecule has 5 nitrogen and oxygen atoms in total. The normalized spacial score (nSPS) is 19.7. The van der Waals surface area contributed by atoms with E-state index in [1.165, 1.54) is 22.4 Å². The van der Waals surface area contributed by atoms with Crippen molar-refractivity contribution >= 4 is 29.6 Å². The lowest BCUT2D eigenvalue weighted by molar-refractivity contribution is 0.0548. The van der Waals surface area contributed by atoms with Gasteiger partial charge in [-0.3, -0.25) is 5.43 Å². The molecule has 0 saturated carbocycles. The molecule has 1 fully saturated rings. The van der Waals surface area contributed by atoms with Crippen LogP contribution in [0.2, 0.25) is 0 Å². The molecule has 1 aromatic rings. The smallest absolute Gasteiger partial charge is 0.186 e. The lowest BCUT2D eigenvalue weighted by Gasteiger charge is -2.31. The van der Waals surface area contributed by atoms with Crippen molar-refractivity contribution in [2.45, 2.75) is 12.8 Å². The van der Waals surface area contributed by atoms with E-state index >= 15 is 0 Å². The molecule has 0 atom stereocenters. The van der Waals surface area contributed by atoms with Crippen LogP contribution in [0.4, 0.5) is 0 Å². The average molecular weight is 356 g/mol. The second kappa shape index (κ2) is 8.78. The van der Waals surface area contributed by atoms with Gasteiger partial charge in [-0.2, -0.15) is 5.10 Å². The standard InChI is InChI=1S/C19H24N4OS/c1-20-19(25)22-21-14-17-8-7-16(13-15-5-3-2-4-6-15)18(17)23-9-11-24-12-10-23/h2-6,13-14H,7-12H2,1H3,(H2,20,22,25)/b16-13-,21-14+. The summed E-state index contributed by atoms with van der Waals surface area (Å²) >= 11 is 5.07. The van der Waals surface area contributed by atoms with Crippen molar-refractivity contribution in [2.24, 2.45) is 5.10 Å². The lowest BCUT2D eigenvalue weighted by Crippen LogP contribution is -2.36. The van der Waals surface area contributed by atoms with E-state index in [0.29, 0.717) is 5.11 Å². The van der Waals surface area contributed by atoms with Gasteiger partial charge in [0, 0.05) is 25.8 Å². The maximum Gasteiger partial charge on any atom is 0.186 e. The first-order valence-corrected chi connectivity index (χ1v) is 9.01. The Hall–Kier alpha value is -2.18. The first-order chi connectivity index (χ1) is 12.3. The van der Waals surface area contributed by atoms with Crippen LogP contribution in [0.25, 0.3) is 6.08 Å². The summed E-state index contributed by atoms with van der Waals surface area (Å²) in [5.74, 6) is 0. The SMILES string of the molecule is CNC(=S)N/N=C/C1=C(N2CCOCC2)C(=C\c2ccccc2)/CC1. The van der Waals surface area contributed by atoms with Gasteiger partial charge < -0.3 is 15.0 Å². The van der Waals surface area contributed by atoms with Crippen molar-refractivity contribution in [2.75, 3.05) is 33.4 Å². The molecule has 6 heteroatoms. The van der Waals surface area contributed by atoms with Gasteiger partial charge >= 0.3 is 0 Å². The number of rotatable bonds is 4. The lowest BCUT2D eigenvalue weighted by atomic mass is 10.1. The molecule has 0 spiro atoms. The summed E-state index contributed by atoms with van der Waals surface area (Å²) in [5.41, 5.74) is 7.98. The summed E-state index contributed by atoms with van der Waals surface area (Å²) in [7, 11) is 1.78. The van der Waals surface area contributed by atoms with Crippen LogP contribution in [0.5, 0.6) is 0 Å². The van der Waals surface area contributed by atoms with Crippen LogP contribution >= 0.6 is 12.2 Å². The number of ether oxygens (including phenoxy) is 1. The summed E-state index contributed by atoms with van der Waals surface area (Å²) in [6.07, 6.45) is 6.21. The Labute approximate surface area is 154 Å². The minimum Gasteiger partial charge on any atom is -0.378 e. The Morgan fingerprint density at radius 1 is 1.20 bits per heavy atom. The second-order valence-corrected chi connectivity index (χ2v) is 6.41. The highest BCUT2D eigenvalue weighted by Crippen LogP contribution is 2.34. The fourth-order valence-electron chi connectivity index (χ4n) is 3.15. The molecule has 0 unspecified atom stereocenters. The van der Waals surface area contributed by atoms with E-state index < -0.39 is 0 Å². The monoisotopic (exact) mass is 356 g/mol. The van der Waals surface area contributed by atoms with Crippen molar-refractivity contribution in [3.63, 3.8) is 0 Å². The van der Waals surface area contributed by atoms with E-state index in [0.717, 1.165) is 39.1 Å². The molecular formula is C19H24N4OS. The van der Waals surface area contributed by atoms with Crippen molar-refractivity contribution in [1.29, 1.82) is 0 Å². The fraction of sp³-hybridized carbons (Fsp3) is 0.368. The zero-order valence-electron chi connectivity index (χ0n) is 14.5. The molecule has 2 aliphatic rings. The number of allylic oxidation sites excluding steroid dienone is 2. The van der Waals surface area contributed by atoms with Gasteiger partial charge in [-0.25, -0.2) is 0 Å². The number of nitrogens with one attached hydrogen (secondary N) is 2. The third kappa shape index (κ3) is 4.67. The van der Waals surface area contributed by atoms with Gasteiger partial charge in [-0.05, 0) is 47.8 Å². The Kier molecular flexibility index (Phi) is 6.19. The minimum atomic E-state index is 0.517. The molecule has 0 amide bonds. The van der Waals surface area contributed by atoms with Crippen molar-refractivity contribution in [3.05, 3.63) is 52.7 Å². The molecule has 2 N–H and O–H groups in total. The predicted octanol–water partition coefficient (Wildman–Crippen LogP) is 2.53. The van der Waals surface area contributed by atoms with E-state index in [1.807, 2.05) is 12.3 Å². The molecule has 1 aliphatic carbocycles. The van der Waals surface area contributed by atoms with Crippen LogP contribution in [0, 0.1) is 0 Å². The number of morpholine rings is 1. The highest BCUT2D eigenvalue weighted by atomic mass is 32.1. The average Bonchev–Trinajstić information content (AvgIpc) is 3.05. The number of hydrazone groups is 1. The van der Waals surface area contributed by atoms with Crippen molar-refractivity contribution < 1.29 is 4.74 Å². The first-order valence-electron chi connectivity index (χ1n) is 8.60. The highest BCUT2D eigenvalue weighted by molar-refractivity contribution is 7.80. The van der Waals surface area contributed by atoms with Crippen LogP contribution in [0.3, 0.4) is 0 Å². The third-order valence-corrected chi connectivity index (χ3v) is 4.65. The maximum absolute atomic E-state index is 5.52. The quantitative estimate of drug-likeness (QED) is 0.493. The largest absolute Gasteiger partial charge is 0.378 e. The molecule has 1 aromatic carbocycles. The van der Waals surface area contributed by atoms with Gasteiger partial charge in [-0.15, -0.1) is 0 Å². The van der Waals surface area contributed by atoms with E-state index in [9.17, 15) is 0 Å². The van der Waals surface area contributed by atoms with Gasteiger partial charge in [-0.1, -0.05) is 30.3 Å². The molecule has 0 aromatic heterocycles. The van der Waals surface area contributed by atoms with Crippen LogP contribution in [0.1, 0.15) is 18.4 Å². The molecule has 0 radical (unpaired) electrons. The highest BCUT2D eigenvalue weighted by Gasteiger charge is 2.25. The molecule has 25 heavy (non-hydrogen) atoms. The van der Waals surface area contributed by atoms with Gasteiger partial charge in [0.15, 0.2) is 5.11 Å². The van der Waals surface area contributed by atoms with Gasteiger partial charge in [0.1, 0.15) is 0 Å². The van der Waals surface area contributed by atoms with E-state index in [-0.39, 0.29) is 0 Å². The zero-order valence-corrected chi connectivity index (χ0v) is 15.3. The predicted molar refractivity (Wildman–Crippen MR) is 106 cm³/mol. The molecule has 1 heterocycles. The third-order valence-electron chi connectivity index (χ3n) is 4.35. The van der Waals surface area contributed by atoms with Gasteiger partial charge in [0.25, 0.3) is 0 Å². The van der Waals surface area contributed by atoms with Crippen LogP contribution in [-0.4, -0.2) is 49.6 Å². The van der Waals surface area contributed by atoms with E-state index in [1.54, 1.807) is 7.05 Å². The Morgan fingerprint density at radius 3 is 2.68 bits per heavy atom. The van der Waals surface area contributed by atoms with Gasteiger partial charge in [0.2, 0.25) is 0 Å². The van der Waals surface area contributed by atoms with Crippen molar-refractivity contribution in [3.8, 4) is 0 Å². The zero-order chi connectivity index (χ0) is 17.5.